The summed E-state index contributed by atoms with van der Waals surface area (Å²) in [5.41, 5.74) is 2.25. The number of aromatic nitrogens is 1. The highest BCUT2D eigenvalue weighted by atomic mass is 32.2. The number of nitrogens with zero attached hydrogens (tertiary/aromatic N) is 5. The van der Waals surface area contributed by atoms with E-state index in [0.717, 1.165) is 9.99 Å². The molecule has 1 aromatic heterocycles. The van der Waals surface area contributed by atoms with E-state index in [4.69, 9.17) is 4.74 Å². The first-order chi connectivity index (χ1) is 14.8. The fourth-order valence-corrected chi connectivity index (χ4v) is 4.10. The first kappa shape index (κ1) is 20.5. The second kappa shape index (κ2) is 8.19. The Bertz CT molecular complexity index is 1210. The minimum absolute atomic E-state index is 0.0231. The molecule has 10 nitrogen and oxygen atoms in total. The number of hydrogen-bond acceptors (Lipinski definition) is 8. The molecular formula is C20H20N6O4S. The first-order valence-electron chi connectivity index (χ1n) is 9.38. The Morgan fingerprint density at radius 2 is 2.03 bits per heavy atom. The van der Waals surface area contributed by atoms with Crippen molar-refractivity contribution in [1.29, 1.82) is 0 Å². The van der Waals surface area contributed by atoms with Gasteiger partial charge in [0.2, 0.25) is 5.96 Å². The average Bonchev–Trinajstić information content (AvgIpc) is 3.18. The van der Waals surface area contributed by atoms with Crippen LogP contribution in [0.25, 0.3) is 0 Å². The van der Waals surface area contributed by atoms with Gasteiger partial charge in [-0.3, -0.25) is 14.6 Å². The Kier molecular flexibility index (Phi) is 5.42. The van der Waals surface area contributed by atoms with Crippen LogP contribution < -0.4 is 4.72 Å². The molecule has 0 amide bonds. The van der Waals surface area contributed by atoms with E-state index in [1.165, 1.54) is 6.07 Å². The number of hydrogen-bond donors (Lipinski definition) is 1. The lowest BCUT2D eigenvalue weighted by molar-refractivity contribution is 0.0469. The molecule has 160 valence electrons. The Balaban J connectivity index is 1.54. The topological polar surface area (TPSA) is 117 Å². The lowest BCUT2D eigenvalue weighted by Crippen LogP contribution is -2.35. The maximum Gasteiger partial charge on any atom is 0.340 e. The summed E-state index contributed by atoms with van der Waals surface area (Å²) >= 11 is 0. The molecule has 1 aromatic carbocycles. The van der Waals surface area contributed by atoms with Crippen molar-refractivity contribution in [3.05, 3.63) is 71.2 Å². The Morgan fingerprint density at radius 3 is 2.81 bits per heavy atom. The van der Waals surface area contributed by atoms with E-state index in [1.807, 2.05) is 6.92 Å². The molecule has 0 radical (unpaired) electrons. The molecule has 11 heteroatoms. The number of hydrazone groups is 1. The van der Waals surface area contributed by atoms with Gasteiger partial charge in [-0.1, -0.05) is 18.2 Å². The zero-order valence-electron chi connectivity index (χ0n) is 16.9. The van der Waals surface area contributed by atoms with E-state index < -0.39 is 16.2 Å². The van der Waals surface area contributed by atoms with Crippen LogP contribution in [0.1, 0.15) is 28.5 Å². The number of allylic oxidation sites excluding steroid dienone is 1. The van der Waals surface area contributed by atoms with Crippen molar-refractivity contribution in [2.45, 2.75) is 20.5 Å². The summed E-state index contributed by atoms with van der Waals surface area (Å²) in [4.78, 5) is 22.5. The van der Waals surface area contributed by atoms with Crippen molar-refractivity contribution in [2.24, 2.45) is 10.1 Å². The van der Waals surface area contributed by atoms with E-state index in [0.29, 0.717) is 11.3 Å². The molecule has 0 saturated heterocycles. The van der Waals surface area contributed by atoms with Crippen LogP contribution in [0.3, 0.4) is 0 Å². The third kappa shape index (κ3) is 4.40. The summed E-state index contributed by atoms with van der Waals surface area (Å²) in [6.45, 7) is 3.50. The van der Waals surface area contributed by atoms with Gasteiger partial charge < -0.3 is 4.74 Å². The molecule has 0 saturated carbocycles. The molecule has 31 heavy (non-hydrogen) atoms. The molecule has 2 aliphatic heterocycles. The number of carbonyl (C=O) groups is 1. The highest BCUT2D eigenvalue weighted by molar-refractivity contribution is 7.90. The molecule has 1 N–H and O–H groups in total. The summed E-state index contributed by atoms with van der Waals surface area (Å²) < 4.78 is 34.7. The second-order valence-electron chi connectivity index (χ2n) is 6.97. The van der Waals surface area contributed by atoms with Gasteiger partial charge in [0.25, 0.3) is 0 Å². The van der Waals surface area contributed by atoms with Gasteiger partial charge in [-0.05, 0) is 43.2 Å². The van der Waals surface area contributed by atoms with Crippen LogP contribution in [0.15, 0.2) is 64.5 Å². The summed E-state index contributed by atoms with van der Waals surface area (Å²) in [5, 5.41) is 4.05. The van der Waals surface area contributed by atoms with Gasteiger partial charge in [-0.25, -0.2) is 9.79 Å². The van der Waals surface area contributed by atoms with Crippen molar-refractivity contribution in [3.63, 3.8) is 0 Å². The average molecular weight is 440 g/mol. The van der Waals surface area contributed by atoms with Gasteiger partial charge >= 0.3 is 16.2 Å². The van der Waals surface area contributed by atoms with Gasteiger partial charge in [-0.15, -0.1) is 9.52 Å². The molecule has 0 unspecified atom stereocenters. The number of aliphatic imine (C=N–C) groups is 1. The molecule has 4 rings (SSSR count). The number of esters is 1. The highest BCUT2D eigenvalue weighted by Crippen LogP contribution is 2.26. The monoisotopic (exact) mass is 440 g/mol. The van der Waals surface area contributed by atoms with Crippen LogP contribution in [0, 0.1) is 6.92 Å². The lowest BCUT2D eigenvalue weighted by Gasteiger charge is -2.20. The van der Waals surface area contributed by atoms with Crippen molar-refractivity contribution in [3.8, 4) is 0 Å². The van der Waals surface area contributed by atoms with Crippen molar-refractivity contribution in [2.75, 3.05) is 11.4 Å². The zero-order chi connectivity index (χ0) is 22.0. The van der Waals surface area contributed by atoms with Gasteiger partial charge in [0.1, 0.15) is 13.3 Å². The quantitative estimate of drug-likeness (QED) is 0.689. The number of para-hydroxylation sites is 1. The predicted molar refractivity (Wildman–Crippen MR) is 115 cm³/mol. The molecule has 3 heterocycles. The summed E-state index contributed by atoms with van der Waals surface area (Å²) in [6.07, 6.45) is 4.97. The van der Waals surface area contributed by atoms with Gasteiger partial charge in [-0.2, -0.15) is 8.42 Å². The Morgan fingerprint density at radius 1 is 1.19 bits per heavy atom. The number of aryl methyl sites for hydroxylation is 1. The third-order valence-corrected chi connectivity index (χ3v) is 5.77. The summed E-state index contributed by atoms with van der Waals surface area (Å²) in [6, 6.07) is 10.1. The van der Waals surface area contributed by atoms with Crippen LogP contribution in [0.5, 0.6) is 0 Å². The molecule has 0 bridgehead atoms. The Labute approximate surface area is 179 Å². The van der Waals surface area contributed by atoms with E-state index in [-0.39, 0.29) is 30.5 Å². The van der Waals surface area contributed by atoms with Crippen molar-refractivity contribution >= 4 is 34.0 Å². The van der Waals surface area contributed by atoms with E-state index in [2.05, 4.69) is 19.8 Å². The zero-order valence-corrected chi connectivity index (χ0v) is 17.7. The fraction of sp³-hybridized carbons (Fsp3) is 0.200. The van der Waals surface area contributed by atoms with Gasteiger partial charge in [0, 0.05) is 18.6 Å². The van der Waals surface area contributed by atoms with E-state index >= 15 is 0 Å². The van der Waals surface area contributed by atoms with E-state index in [9.17, 15) is 13.2 Å². The summed E-state index contributed by atoms with van der Waals surface area (Å²) in [7, 11) is -4.10. The molecule has 0 aliphatic carbocycles. The number of benzene rings is 1. The number of anilines is 1. The highest BCUT2D eigenvalue weighted by Gasteiger charge is 2.32. The largest absolute Gasteiger partial charge is 0.456 e. The normalized spacial score (nSPS) is 15.3. The van der Waals surface area contributed by atoms with Crippen LogP contribution in [-0.2, 0) is 21.6 Å². The lowest BCUT2D eigenvalue weighted by atomic mass is 10.1. The van der Waals surface area contributed by atoms with Crippen molar-refractivity contribution in [1.82, 2.24) is 14.3 Å². The molecule has 0 spiro atoms. The smallest absolute Gasteiger partial charge is 0.340 e. The van der Waals surface area contributed by atoms with Crippen LogP contribution >= 0.6 is 0 Å². The number of nitrogens with one attached hydrogen (secondary N) is 1. The first-order valence-corrected chi connectivity index (χ1v) is 10.8. The van der Waals surface area contributed by atoms with E-state index in [1.54, 1.807) is 60.8 Å². The predicted octanol–water partition coefficient (Wildman–Crippen LogP) is 2.24. The number of pyridine rings is 1. The summed E-state index contributed by atoms with van der Waals surface area (Å²) in [5.74, 6) is -0.392. The molecule has 0 atom stereocenters. The van der Waals surface area contributed by atoms with Crippen LogP contribution in [0.4, 0.5) is 5.69 Å². The number of ether oxygens (including phenoxy) is 1. The number of guanidine groups is 1. The number of rotatable bonds is 6. The standard InChI is InChI=1S/C20H20N6O4S/c1-14-10-22-20-23-26(13-25(20)11-14)31(28,29)24-18-15(2)6-5-8-17(18)19(27)30-12-16-7-3-4-9-21-16/h3-11,24H,12-13H2,1-2H3. The minimum atomic E-state index is -4.10. The maximum absolute atomic E-state index is 13.0. The second-order valence-corrected chi connectivity index (χ2v) is 8.54. The maximum atomic E-state index is 13.0. The third-order valence-electron chi connectivity index (χ3n) is 4.55. The number of fused-ring (bicyclic) bond motifs is 1. The number of carbonyl (C=O) groups excluding carboxylic acids is 1. The Hall–Kier alpha value is -3.73. The SMILES string of the molecule is CC1=CN2CN(S(=O)(=O)Nc3c(C)cccc3C(=O)OCc3ccccn3)N=C2N=C1. The van der Waals surface area contributed by atoms with Crippen molar-refractivity contribution < 1.29 is 17.9 Å². The molecular weight excluding hydrogens is 420 g/mol. The van der Waals surface area contributed by atoms with Gasteiger partial charge in [0.05, 0.1) is 16.9 Å². The molecule has 2 aromatic rings. The fourth-order valence-electron chi connectivity index (χ4n) is 3.01. The van der Waals surface area contributed by atoms with Crippen LogP contribution in [-0.4, -0.2) is 47.5 Å². The molecule has 0 fully saturated rings. The van der Waals surface area contributed by atoms with Crippen LogP contribution in [0.2, 0.25) is 0 Å². The minimum Gasteiger partial charge on any atom is -0.456 e. The molecule has 2 aliphatic rings. The van der Waals surface area contributed by atoms with Gasteiger partial charge in [0.15, 0.2) is 0 Å².